The van der Waals surface area contributed by atoms with Crippen LogP contribution in [0.25, 0.3) is 0 Å². The van der Waals surface area contributed by atoms with Crippen LogP contribution in [0.3, 0.4) is 0 Å². The Morgan fingerprint density at radius 2 is 1.90 bits per heavy atom. The summed E-state index contributed by atoms with van der Waals surface area (Å²) in [6, 6.07) is 6.25. The Morgan fingerprint density at radius 1 is 1.30 bits per heavy atom. The van der Waals surface area contributed by atoms with E-state index in [0.29, 0.717) is 17.8 Å². The number of hydrogen-bond donors (Lipinski definition) is 2. The Labute approximate surface area is 117 Å². The van der Waals surface area contributed by atoms with E-state index in [4.69, 9.17) is 5.11 Å². The van der Waals surface area contributed by atoms with E-state index in [1.807, 2.05) is 0 Å². The van der Waals surface area contributed by atoms with E-state index in [2.05, 4.69) is 17.5 Å². The SMILES string of the molecule is CC(=O)/C(CC1(C)CC1)=N/Nc1ccc(C(=O)O)cc1. The lowest BCUT2D eigenvalue weighted by Gasteiger charge is -2.09. The van der Waals surface area contributed by atoms with Crippen molar-refractivity contribution in [2.24, 2.45) is 10.5 Å². The lowest BCUT2D eigenvalue weighted by molar-refractivity contribution is -0.111. The molecule has 0 unspecified atom stereocenters. The van der Waals surface area contributed by atoms with Crippen molar-refractivity contribution < 1.29 is 14.7 Å². The fourth-order valence-electron chi connectivity index (χ4n) is 1.86. The van der Waals surface area contributed by atoms with Crippen LogP contribution >= 0.6 is 0 Å². The molecule has 0 bridgehead atoms. The number of nitrogens with zero attached hydrogens (tertiary/aromatic N) is 1. The maximum atomic E-state index is 11.6. The van der Waals surface area contributed by atoms with Crippen molar-refractivity contribution in [3.8, 4) is 0 Å². The highest BCUT2D eigenvalue weighted by Crippen LogP contribution is 2.48. The average molecular weight is 274 g/mol. The van der Waals surface area contributed by atoms with Gasteiger partial charge >= 0.3 is 5.97 Å². The zero-order chi connectivity index (χ0) is 14.8. The molecule has 0 aliphatic heterocycles. The summed E-state index contributed by atoms with van der Waals surface area (Å²) < 4.78 is 0. The number of Topliss-reactive ketones (excluding diaryl/α,β-unsaturated/α-hetero) is 1. The third-order valence-corrected chi connectivity index (χ3v) is 3.56. The minimum Gasteiger partial charge on any atom is -0.478 e. The van der Waals surface area contributed by atoms with Crippen molar-refractivity contribution in [1.29, 1.82) is 0 Å². The summed E-state index contributed by atoms with van der Waals surface area (Å²) in [4.78, 5) is 22.3. The Kier molecular flexibility index (Phi) is 3.88. The number of carbonyl (C=O) groups is 2. The summed E-state index contributed by atoms with van der Waals surface area (Å²) in [5, 5.41) is 13.0. The molecule has 2 N–H and O–H groups in total. The summed E-state index contributed by atoms with van der Waals surface area (Å²) in [5.41, 5.74) is 4.45. The van der Waals surface area contributed by atoms with Gasteiger partial charge in [-0.15, -0.1) is 0 Å². The highest BCUT2D eigenvalue weighted by Gasteiger charge is 2.39. The molecule has 0 atom stereocenters. The van der Waals surface area contributed by atoms with Crippen molar-refractivity contribution in [1.82, 2.24) is 0 Å². The molecule has 0 aromatic heterocycles. The largest absolute Gasteiger partial charge is 0.478 e. The first-order valence-corrected chi connectivity index (χ1v) is 6.56. The van der Waals surface area contributed by atoms with Gasteiger partial charge in [-0.05, 0) is 42.5 Å². The van der Waals surface area contributed by atoms with E-state index >= 15 is 0 Å². The summed E-state index contributed by atoms with van der Waals surface area (Å²) in [5.74, 6) is -1.00. The topological polar surface area (TPSA) is 78.8 Å². The van der Waals surface area contributed by atoms with Gasteiger partial charge in [-0.25, -0.2) is 4.79 Å². The Morgan fingerprint density at radius 3 is 2.35 bits per heavy atom. The average Bonchev–Trinajstić information content (AvgIpc) is 3.12. The van der Waals surface area contributed by atoms with Gasteiger partial charge in [0.2, 0.25) is 0 Å². The monoisotopic (exact) mass is 274 g/mol. The van der Waals surface area contributed by atoms with Gasteiger partial charge in [-0.2, -0.15) is 5.10 Å². The summed E-state index contributed by atoms with van der Waals surface area (Å²) in [6.45, 7) is 3.66. The zero-order valence-electron chi connectivity index (χ0n) is 11.6. The highest BCUT2D eigenvalue weighted by atomic mass is 16.4. The Bertz CT molecular complexity index is 557. The molecule has 0 saturated heterocycles. The molecule has 1 saturated carbocycles. The lowest BCUT2D eigenvalue weighted by Crippen LogP contribution is -2.16. The minimum absolute atomic E-state index is 0.0345. The lowest BCUT2D eigenvalue weighted by atomic mass is 10.00. The van der Waals surface area contributed by atoms with Crippen LogP contribution in [0, 0.1) is 5.41 Å². The Balaban J connectivity index is 2.05. The number of carboxylic acid groups (broad SMARTS) is 1. The molecule has 1 fully saturated rings. The zero-order valence-corrected chi connectivity index (χ0v) is 11.6. The molecule has 0 spiro atoms. The highest BCUT2D eigenvalue weighted by molar-refractivity contribution is 6.39. The van der Waals surface area contributed by atoms with E-state index in [0.717, 1.165) is 12.8 Å². The third-order valence-electron chi connectivity index (χ3n) is 3.56. The van der Waals surface area contributed by atoms with Gasteiger partial charge in [0.25, 0.3) is 0 Å². The second-order valence-electron chi connectivity index (χ2n) is 5.60. The number of anilines is 1. The van der Waals surface area contributed by atoms with Gasteiger partial charge in [0.1, 0.15) is 5.71 Å². The predicted octanol–water partition coefficient (Wildman–Crippen LogP) is 2.93. The molecule has 5 heteroatoms. The third kappa shape index (κ3) is 3.66. The minimum atomic E-state index is -0.967. The smallest absolute Gasteiger partial charge is 0.335 e. The fraction of sp³-hybridized carbons (Fsp3) is 0.400. The summed E-state index contributed by atoms with van der Waals surface area (Å²) in [6.07, 6.45) is 2.95. The number of rotatable bonds is 6. The molecular weight excluding hydrogens is 256 g/mol. The first-order chi connectivity index (χ1) is 9.39. The molecule has 5 nitrogen and oxygen atoms in total. The van der Waals surface area contributed by atoms with Crippen LogP contribution in [-0.4, -0.2) is 22.6 Å². The van der Waals surface area contributed by atoms with Gasteiger partial charge in [0.05, 0.1) is 11.3 Å². The van der Waals surface area contributed by atoms with Crippen molar-refractivity contribution in [2.75, 3.05) is 5.43 Å². The van der Waals surface area contributed by atoms with E-state index in [9.17, 15) is 9.59 Å². The van der Waals surface area contributed by atoms with E-state index < -0.39 is 5.97 Å². The molecule has 0 amide bonds. The number of hydrazone groups is 1. The van der Waals surface area contributed by atoms with E-state index in [-0.39, 0.29) is 16.8 Å². The molecule has 1 aromatic carbocycles. The molecule has 0 radical (unpaired) electrons. The van der Waals surface area contributed by atoms with E-state index in [1.54, 1.807) is 12.1 Å². The van der Waals surface area contributed by atoms with Crippen LogP contribution in [0.4, 0.5) is 5.69 Å². The number of hydrogen-bond acceptors (Lipinski definition) is 4. The number of ketones is 1. The maximum absolute atomic E-state index is 11.6. The quantitative estimate of drug-likeness (QED) is 0.617. The molecular formula is C15H18N2O3. The number of carbonyl (C=O) groups excluding carboxylic acids is 1. The first-order valence-electron chi connectivity index (χ1n) is 6.56. The van der Waals surface area contributed by atoms with Crippen molar-refractivity contribution >= 4 is 23.2 Å². The maximum Gasteiger partial charge on any atom is 0.335 e. The van der Waals surface area contributed by atoms with Crippen LogP contribution < -0.4 is 5.43 Å². The second-order valence-corrected chi connectivity index (χ2v) is 5.60. The molecule has 1 aromatic rings. The first kappa shape index (κ1) is 14.2. The Hall–Kier alpha value is -2.17. The number of aromatic carboxylic acids is 1. The van der Waals surface area contributed by atoms with Crippen LogP contribution in [0.5, 0.6) is 0 Å². The van der Waals surface area contributed by atoms with Gasteiger partial charge in [0, 0.05) is 13.3 Å². The standard InChI is InChI=1S/C15H18N2O3/c1-10(18)13(9-15(2)7-8-15)17-16-12-5-3-11(4-6-12)14(19)20/h3-6,16H,7-9H2,1-2H3,(H,19,20)/b17-13+. The van der Waals surface area contributed by atoms with Gasteiger partial charge in [0.15, 0.2) is 5.78 Å². The summed E-state index contributed by atoms with van der Waals surface area (Å²) in [7, 11) is 0. The van der Waals surface area contributed by atoms with Crippen LogP contribution in [0.2, 0.25) is 0 Å². The number of nitrogens with one attached hydrogen (secondary N) is 1. The molecule has 1 aliphatic carbocycles. The van der Waals surface area contributed by atoms with Crippen LogP contribution in [0.15, 0.2) is 29.4 Å². The number of benzene rings is 1. The van der Waals surface area contributed by atoms with Gasteiger partial charge in [-0.1, -0.05) is 6.92 Å². The summed E-state index contributed by atoms with van der Waals surface area (Å²) >= 11 is 0. The normalized spacial score (nSPS) is 16.6. The van der Waals surface area contributed by atoms with Crippen LogP contribution in [-0.2, 0) is 4.79 Å². The molecule has 1 aliphatic rings. The van der Waals surface area contributed by atoms with Gasteiger partial charge in [-0.3, -0.25) is 10.2 Å². The molecule has 106 valence electrons. The van der Waals surface area contributed by atoms with Crippen molar-refractivity contribution in [3.05, 3.63) is 29.8 Å². The van der Waals surface area contributed by atoms with Gasteiger partial charge < -0.3 is 5.11 Å². The molecule has 2 rings (SSSR count). The van der Waals surface area contributed by atoms with Crippen molar-refractivity contribution in [3.63, 3.8) is 0 Å². The number of carboxylic acids is 1. The van der Waals surface area contributed by atoms with E-state index in [1.165, 1.54) is 19.1 Å². The predicted molar refractivity (Wildman–Crippen MR) is 77.1 cm³/mol. The van der Waals surface area contributed by atoms with Crippen LogP contribution in [0.1, 0.15) is 43.5 Å². The van der Waals surface area contributed by atoms with Crippen molar-refractivity contribution in [2.45, 2.75) is 33.1 Å². The fourth-order valence-corrected chi connectivity index (χ4v) is 1.86. The molecule has 0 heterocycles. The second kappa shape index (κ2) is 5.45. The molecule has 20 heavy (non-hydrogen) atoms.